The zero-order valence-corrected chi connectivity index (χ0v) is 8.19. The first-order valence-corrected chi connectivity index (χ1v) is 4.41. The van der Waals surface area contributed by atoms with E-state index >= 15 is 0 Å². The van der Waals surface area contributed by atoms with Crippen LogP contribution in [0.4, 0.5) is 0 Å². The summed E-state index contributed by atoms with van der Waals surface area (Å²) in [5.41, 5.74) is 6.25. The number of hydrogen-bond donors (Lipinski definition) is 1. The van der Waals surface area contributed by atoms with Crippen molar-refractivity contribution in [2.24, 2.45) is 5.73 Å². The van der Waals surface area contributed by atoms with E-state index < -0.39 is 5.91 Å². The lowest BCUT2D eigenvalue weighted by Gasteiger charge is -1.98. The van der Waals surface area contributed by atoms with E-state index in [1.807, 2.05) is 0 Å². The molecule has 2 N–H and O–H groups in total. The Balaban J connectivity index is 2.51. The summed E-state index contributed by atoms with van der Waals surface area (Å²) in [6, 6.07) is 5.28. The van der Waals surface area contributed by atoms with Gasteiger partial charge in [-0.15, -0.1) is 0 Å². The van der Waals surface area contributed by atoms with Gasteiger partial charge in [-0.2, -0.15) is 0 Å². The van der Waals surface area contributed by atoms with Gasteiger partial charge in [0.2, 0.25) is 5.91 Å². The van der Waals surface area contributed by atoms with E-state index in [9.17, 15) is 4.79 Å². The molecule has 1 heterocycles. The predicted octanol–water partition coefficient (Wildman–Crippen LogP) is 0.864. The summed E-state index contributed by atoms with van der Waals surface area (Å²) >= 11 is 0. The zero-order chi connectivity index (χ0) is 10.8. The fourth-order valence-corrected chi connectivity index (χ4v) is 1.39. The van der Waals surface area contributed by atoms with Crippen molar-refractivity contribution in [3.63, 3.8) is 0 Å². The molecule has 0 radical (unpaired) electrons. The van der Waals surface area contributed by atoms with E-state index in [0.717, 1.165) is 5.39 Å². The van der Waals surface area contributed by atoms with Crippen molar-refractivity contribution in [3.8, 4) is 5.75 Å². The molecule has 0 bridgehead atoms. The molecule has 0 aliphatic rings. The van der Waals surface area contributed by atoms with Gasteiger partial charge in [-0.05, 0) is 18.2 Å². The van der Waals surface area contributed by atoms with Crippen molar-refractivity contribution < 1.29 is 14.1 Å². The highest BCUT2D eigenvalue weighted by atomic mass is 16.5. The van der Waals surface area contributed by atoms with Crippen LogP contribution in [0.3, 0.4) is 0 Å². The average molecular weight is 206 g/mol. The first-order valence-electron chi connectivity index (χ1n) is 4.41. The number of primary amides is 1. The minimum atomic E-state index is -0.437. The molecule has 5 heteroatoms. The molecule has 2 rings (SSSR count). The maximum Gasteiger partial charge on any atom is 0.223 e. The number of rotatable bonds is 3. The molecule has 1 aromatic carbocycles. The Labute approximate surface area is 85.8 Å². The lowest BCUT2D eigenvalue weighted by atomic mass is 10.1. The minimum Gasteiger partial charge on any atom is -0.497 e. The third-order valence-corrected chi connectivity index (χ3v) is 2.09. The number of nitrogens with zero attached hydrogens (tertiary/aromatic N) is 1. The monoisotopic (exact) mass is 206 g/mol. The second-order valence-corrected chi connectivity index (χ2v) is 3.13. The van der Waals surface area contributed by atoms with Crippen molar-refractivity contribution in [2.45, 2.75) is 6.42 Å². The summed E-state index contributed by atoms with van der Waals surface area (Å²) in [6.07, 6.45) is 0.0696. The van der Waals surface area contributed by atoms with E-state index in [0.29, 0.717) is 17.0 Å². The van der Waals surface area contributed by atoms with Crippen molar-refractivity contribution >= 4 is 16.9 Å². The second kappa shape index (κ2) is 3.61. The number of carbonyl (C=O) groups excluding carboxylic acids is 1. The lowest BCUT2D eigenvalue weighted by Crippen LogP contribution is -2.13. The number of aromatic nitrogens is 1. The minimum absolute atomic E-state index is 0.0696. The van der Waals surface area contributed by atoms with E-state index in [4.69, 9.17) is 15.0 Å². The van der Waals surface area contributed by atoms with Crippen LogP contribution in [0, 0.1) is 0 Å². The van der Waals surface area contributed by atoms with Crippen LogP contribution in [0.5, 0.6) is 5.75 Å². The SMILES string of the molecule is COc1ccc2onc(CC(N)=O)c2c1. The molecule has 1 amide bonds. The first-order chi connectivity index (χ1) is 7.20. The van der Waals surface area contributed by atoms with Crippen LogP contribution in [0.1, 0.15) is 5.69 Å². The summed E-state index contributed by atoms with van der Waals surface area (Å²) in [6.45, 7) is 0. The largest absolute Gasteiger partial charge is 0.497 e. The second-order valence-electron chi connectivity index (χ2n) is 3.13. The molecule has 0 aliphatic heterocycles. The van der Waals surface area contributed by atoms with E-state index in [-0.39, 0.29) is 6.42 Å². The van der Waals surface area contributed by atoms with Crippen LogP contribution in [0.25, 0.3) is 11.0 Å². The Morgan fingerprint density at radius 3 is 3.07 bits per heavy atom. The standard InChI is InChI=1S/C10H10N2O3/c1-14-6-2-3-9-7(4-6)8(12-15-9)5-10(11)13/h2-4H,5H2,1H3,(H2,11,13). The van der Waals surface area contributed by atoms with Gasteiger partial charge in [0.1, 0.15) is 11.4 Å². The fraction of sp³-hybridized carbons (Fsp3) is 0.200. The summed E-state index contributed by atoms with van der Waals surface area (Å²) < 4.78 is 10.1. The molecule has 2 aromatic rings. The summed E-state index contributed by atoms with van der Waals surface area (Å²) in [7, 11) is 1.57. The molecule has 0 aliphatic carbocycles. The Kier molecular flexibility index (Phi) is 2.29. The molecule has 0 fully saturated rings. The highest BCUT2D eigenvalue weighted by Gasteiger charge is 2.11. The third kappa shape index (κ3) is 1.76. The highest BCUT2D eigenvalue weighted by Crippen LogP contribution is 2.23. The topological polar surface area (TPSA) is 78.3 Å². The van der Waals surface area contributed by atoms with Crippen LogP contribution in [-0.2, 0) is 11.2 Å². The first kappa shape index (κ1) is 9.51. The number of amides is 1. The van der Waals surface area contributed by atoms with E-state index in [2.05, 4.69) is 5.16 Å². The quantitative estimate of drug-likeness (QED) is 0.807. The molecule has 1 aromatic heterocycles. The highest BCUT2D eigenvalue weighted by molar-refractivity contribution is 5.86. The molecule has 0 saturated heterocycles. The number of fused-ring (bicyclic) bond motifs is 1. The summed E-state index contributed by atoms with van der Waals surface area (Å²) in [5.74, 6) is 0.254. The Bertz CT molecular complexity index is 504. The van der Waals surface area contributed by atoms with Gasteiger partial charge >= 0.3 is 0 Å². The molecule has 0 unspecified atom stereocenters. The van der Waals surface area contributed by atoms with E-state index in [1.54, 1.807) is 25.3 Å². The molecule has 0 atom stereocenters. The maximum atomic E-state index is 10.8. The molecule has 0 saturated carbocycles. The van der Waals surface area contributed by atoms with E-state index in [1.165, 1.54) is 0 Å². The fourth-order valence-electron chi connectivity index (χ4n) is 1.39. The zero-order valence-electron chi connectivity index (χ0n) is 8.19. The molecule has 78 valence electrons. The Hall–Kier alpha value is -2.04. The van der Waals surface area contributed by atoms with Gasteiger partial charge in [-0.25, -0.2) is 0 Å². The number of hydrogen-bond acceptors (Lipinski definition) is 4. The normalized spacial score (nSPS) is 10.5. The van der Waals surface area contributed by atoms with Crippen molar-refractivity contribution in [2.75, 3.05) is 7.11 Å². The summed E-state index contributed by atoms with van der Waals surface area (Å²) in [4.78, 5) is 10.8. The third-order valence-electron chi connectivity index (χ3n) is 2.09. The Morgan fingerprint density at radius 2 is 2.40 bits per heavy atom. The van der Waals surface area contributed by atoms with Gasteiger partial charge in [0.25, 0.3) is 0 Å². The average Bonchev–Trinajstić information content (AvgIpc) is 2.60. The van der Waals surface area contributed by atoms with Gasteiger partial charge in [0.05, 0.1) is 13.5 Å². The van der Waals surface area contributed by atoms with Gasteiger partial charge in [0.15, 0.2) is 5.58 Å². The summed E-state index contributed by atoms with van der Waals surface area (Å²) in [5, 5.41) is 4.54. The van der Waals surface area contributed by atoms with Gasteiger partial charge in [-0.3, -0.25) is 4.79 Å². The smallest absolute Gasteiger partial charge is 0.223 e. The predicted molar refractivity (Wildman–Crippen MR) is 53.5 cm³/mol. The van der Waals surface area contributed by atoms with Crippen LogP contribution < -0.4 is 10.5 Å². The van der Waals surface area contributed by atoms with Crippen LogP contribution in [0.15, 0.2) is 22.7 Å². The molecular formula is C10H10N2O3. The van der Waals surface area contributed by atoms with Crippen molar-refractivity contribution in [1.82, 2.24) is 5.16 Å². The molecule has 15 heavy (non-hydrogen) atoms. The van der Waals surface area contributed by atoms with Crippen LogP contribution in [0.2, 0.25) is 0 Å². The number of benzene rings is 1. The number of ether oxygens (including phenoxy) is 1. The van der Waals surface area contributed by atoms with Crippen LogP contribution in [-0.4, -0.2) is 18.2 Å². The molecule has 0 spiro atoms. The molecular weight excluding hydrogens is 196 g/mol. The molecule has 5 nitrogen and oxygen atoms in total. The number of carbonyl (C=O) groups is 1. The van der Waals surface area contributed by atoms with Gasteiger partial charge < -0.3 is 15.0 Å². The number of nitrogens with two attached hydrogens (primary N) is 1. The van der Waals surface area contributed by atoms with Crippen molar-refractivity contribution in [1.29, 1.82) is 0 Å². The van der Waals surface area contributed by atoms with Gasteiger partial charge in [-0.1, -0.05) is 5.16 Å². The maximum absolute atomic E-state index is 10.8. The van der Waals surface area contributed by atoms with Crippen molar-refractivity contribution in [3.05, 3.63) is 23.9 Å². The Morgan fingerprint density at radius 1 is 1.60 bits per heavy atom. The number of methoxy groups -OCH3 is 1. The lowest BCUT2D eigenvalue weighted by molar-refractivity contribution is -0.117. The van der Waals surface area contributed by atoms with Crippen LogP contribution >= 0.6 is 0 Å². The van der Waals surface area contributed by atoms with Gasteiger partial charge in [0, 0.05) is 5.39 Å².